The van der Waals surface area contributed by atoms with Gasteiger partial charge in [0.2, 0.25) is 0 Å². The quantitative estimate of drug-likeness (QED) is 0.299. The second-order valence-corrected chi connectivity index (χ2v) is 12.1. The molecule has 4 aromatic rings. The van der Waals surface area contributed by atoms with Crippen LogP contribution in [0.25, 0.3) is 22.2 Å². The Morgan fingerprint density at radius 2 is 1.85 bits per heavy atom. The second kappa shape index (κ2) is 10.4. The van der Waals surface area contributed by atoms with E-state index >= 15 is 0 Å². The molecule has 214 valence electrons. The van der Waals surface area contributed by atoms with Crippen molar-refractivity contribution in [1.29, 1.82) is 0 Å². The van der Waals surface area contributed by atoms with Gasteiger partial charge in [0, 0.05) is 48.9 Å². The summed E-state index contributed by atoms with van der Waals surface area (Å²) in [7, 11) is 1.92. The number of pyridine rings is 2. The minimum atomic E-state index is -0.992. The Morgan fingerprint density at radius 3 is 2.49 bits per heavy atom. The van der Waals surface area contributed by atoms with E-state index in [-0.39, 0.29) is 28.1 Å². The first-order chi connectivity index (χ1) is 19.3. The number of aromatic carboxylic acids is 1. The highest BCUT2D eigenvalue weighted by Crippen LogP contribution is 2.35. The molecule has 1 amide bonds. The molecule has 0 bridgehead atoms. The number of hydrogen-bond donors (Lipinski definition) is 1. The number of halogens is 2. The van der Waals surface area contributed by atoms with Crippen LogP contribution in [-0.2, 0) is 5.54 Å². The fourth-order valence-corrected chi connectivity index (χ4v) is 5.65. The summed E-state index contributed by atoms with van der Waals surface area (Å²) < 4.78 is 16.3. The molecule has 1 atom stereocenters. The molecule has 10 heteroatoms. The third-order valence-corrected chi connectivity index (χ3v) is 8.09. The van der Waals surface area contributed by atoms with Crippen LogP contribution in [-0.4, -0.2) is 62.6 Å². The molecule has 0 unspecified atom stereocenters. The second-order valence-electron chi connectivity index (χ2n) is 11.6. The van der Waals surface area contributed by atoms with Crippen LogP contribution in [0.5, 0.6) is 0 Å². The molecular weight excluding hydrogens is 545 g/mol. The molecule has 0 aliphatic carbocycles. The van der Waals surface area contributed by atoms with Gasteiger partial charge in [-0.2, -0.15) is 0 Å². The SMILES string of the molecule is Cc1cc(N(C)[C@@H]2CCN(C(=O)c3ccc4c(-c5ccc(Cl)c(F)c5)cn(C(C)(C)C)c4n3)C2)nc(C)c1C(=O)O. The third kappa shape index (κ3) is 5.26. The van der Waals surface area contributed by atoms with Crippen molar-refractivity contribution >= 4 is 40.3 Å². The first-order valence-corrected chi connectivity index (χ1v) is 13.9. The largest absolute Gasteiger partial charge is 0.478 e. The van der Waals surface area contributed by atoms with Crippen LogP contribution in [0, 0.1) is 19.7 Å². The molecule has 3 aromatic heterocycles. The molecule has 0 radical (unpaired) electrons. The van der Waals surface area contributed by atoms with Gasteiger partial charge in [-0.15, -0.1) is 0 Å². The predicted molar refractivity (Wildman–Crippen MR) is 159 cm³/mol. The average Bonchev–Trinajstić information content (AvgIpc) is 3.54. The van der Waals surface area contributed by atoms with Gasteiger partial charge in [0.1, 0.15) is 23.0 Å². The Kier molecular flexibility index (Phi) is 7.27. The highest BCUT2D eigenvalue weighted by molar-refractivity contribution is 6.30. The number of carboxylic acids is 1. The third-order valence-electron chi connectivity index (χ3n) is 7.78. The van der Waals surface area contributed by atoms with Crippen LogP contribution in [0.15, 0.2) is 42.6 Å². The molecule has 41 heavy (non-hydrogen) atoms. The number of carboxylic acid groups (broad SMARTS) is 1. The number of rotatable bonds is 5. The first kappa shape index (κ1) is 28.5. The van der Waals surface area contributed by atoms with Crippen LogP contribution in [0.4, 0.5) is 10.2 Å². The standard InChI is InChI=1S/C31H33ClFN5O3/c1-17-13-26(34-18(2)27(17)30(40)41)36(6)20-11-12-37(15-20)29(39)25-10-8-21-22(19-7-9-23(32)24(33)14-19)16-38(28(21)35-25)31(3,4)5/h7-10,13-14,16,20H,11-12,15H2,1-6H3,(H,40,41)/t20-/m1/s1. The number of nitrogens with zero attached hydrogens (tertiary/aromatic N) is 5. The number of benzene rings is 1. The fourth-order valence-electron chi connectivity index (χ4n) is 5.53. The van der Waals surface area contributed by atoms with Gasteiger partial charge in [0.25, 0.3) is 5.91 Å². The minimum Gasteiger partial charge on any atom is -0.478 e. The van der Waals surface area contributed by atoms with E-state index in [1.807, 2.05) is 28.8 Å². The Morgan fingerprint density at radius 1 is 1.12 bits per heavy atom. The summed E-state index contributed by atoms with van der Waals surface area (Å²) in [5.74, 6) is -0.968. The summed E-state index contributed by atoms with van der Waals surface area (Å²) in [5, 5.41) is 10.4. The molecule has 5 rings (SSSR count). The van der Waals surface area contributed by atoms with Gasteiger partial charge in [-0.25, -0.2) is 19.2 Å². The molecule has 1 aromatic carbocycles. The van der Waals surface area contributed by atoms with Gasteiger partial charge >= 0.3 is 5.97 Å². The maximum atomic E-state index is 14.3. The summed E-state index contributed by atoms with van der Waals surface area (Å²) in [5.41, 5.74) is 3.48. The molecular formula is C31H33ClFN5O3. The number of hydrogen-bond acceptors (Lipinski definition) is 5. The number of fused-ring (bicyclic) bond motifs is 1. The van der Waals surface area contributed by atoms with Crippen LogP contribution < -0.4 is 4.90 Å². The minimum absolute atomic E-state index is 0.0227. The van der Waals surface area contributed by atoms with Gasteiger partial charge in [0.15, 0.2) is 0 Å². The van der Waals surface area contributed by atoms with E-state index < -0.39 is 11.8 Å². The van der Waals surface area contributed by atoms with Crippen LogP contribution in [0.1, 0.15) is 59.3 Å². The van der Waals surface area contributed by atoms with E-state index in [1.54, 1.807) is 36.9 Å². The van der Waals surface area contributed by atoms with Gasteiger partial charge in [-0.1, -0.05) is 17.7 Å². The maximum absolute atomic E-state index is 14.3. The number of likely N-dealkylation sites (tertiary alicyclic amines) is 1. The lowest BCUT2D eigenvalue weighted by molar-refractivity contribution is 0.0694. The smallest absolute Gasteiger partial charge is 0.337 e. The molecule has 1 aliphatic rings. The van der Waals surface area contributed by atoms with E-state index in [1.165, 1.54) is 12.1 Å². The van der Waals surface area contributed by atoms with E-state index in [0.717, 1.165) is 17.4 Å². The number of likely N-dealkylation sites (N-methyl/N-ethyl adjacent to an activating group) is 1. The molecule has 1 fully saturated rings. The highest BCUT2D eigenvalue weighted by atomic mass is 35.5. The summed E-state index contributed by atoms with van der Waals surface area (Å²) in [6.45, 7) is 10.7. The number of carbonyl (C=O) groups excluding carboxylic acids is 1. The molecule has 4 heterocycles. The number of aromatic nitrogens is 3. The van der Waals surface area contributed by atoms with Gasteiger partial charge < -0.3 is 19.5 Å². The van der Waals surface area contributed by atoms with E-state index in [0.29, 0.717) is 47.1 Å². The Hall–Kier alpha value is -3.98. The average molecular weight is 578 g/mol. The predicted octanol–water partition coefficient (Wildman–Crippen LogP) is 6.31. The van der Waals surface area contributed by atoms with Crippen LogP contribution >= 0.6 is 11.6 Å². The van der Waals surface area contributed by atoms with Crippen molar-refractivity contribution < 1.29 is 19.1 Å². The zero-order chi connectivity index (χ0) is 29.8. The zero-order valence-electron chi connectivity index (χ0n) is 24.0. The number of anilines is 1. The molecule has 0 spiro atoms. The fraction of sp³-hybridized carbons (Fsp3) is 0.355. The van der Waals surface area contributed by atoms with Crippen molar-refractivity contribution in [2.75, 3.05) is 25.0 Å². The maximum Gasteiger partial charge on any atom is 0.337 e. The lowest BCUT2D eigenvalue weighted by atomic mass is 10.1. The van der Waals surface area contributed by atoms with Crippen molar-refractivity contribution in [3.8, 4) is 11.1 Å². The monoisotopic (exact) mass is 577 g/mol. The number of aryl methyl sites for hydroxylation is 2. The van der Waals surface area contributed by atoms with E-state index in [4.69, 9.17) is 16.6 Å². The zero-order valence-corrected chi connectivity index (χ0v) is 24.8. The molecule has 1 N–H and O–H groups in total. The van der Waals surface area contributed by atoms with E-state index in [2.05, 4.69) is 25.8 Å². The summed E-state index contributed by atoms with van der Waals surface area (Å²) in [6, 6.07) is 10.1. The Labute approximate surface area is 243 Å². The number of carbonyl (C=O) groups is 2. The van der Waals surface area contributed by atoms with Crippen molar-refractivity contribution in [3.05, 3.63) is 75.9 Å². The van der Waals surface area contributed by atoms with Crippen molar-refractivity contribution in [1.82, 2.24) is 19.4 Å². The van der Waals surface area contributed by atoms with Crippen LogP contribution in [0.3, 0.4) is 0 Å². The molecule has 8 nitrogen and oxygen atoms in total. The first-order valence-electron chi connectivity index (χ1n) is 13.5. The Balaban J connectivity index is 1.42. The molecule has 1 saturated heterocycles. The normalized spacial score (nSPS) is 15.5. The van der Waals surface area contributed by atoms with Crippen molar-refractivity contribution in [3.63, 3.8) is 0 Å². The molecule has 0 saturated carbocycles. The van der Waals surface area contributed by atoms with Crippen LogP contribution in [0.2, 0.25) is 5.02 Å². The van der Waals surface area contributed by atoms with Gasteiger partial charge in [0.05, 0.1) is 16.3 Å². The van der Waals surface area contributed by atoms with Gasteiger partial charge in [-0.05, 0) is 82.5 Å². The summed E-state index contributed by atoms with van der Waals surface area (Å²) >= 11 is 5.92. The number of amides is 1. The van der Waals surface area contributed by atoms with Crippen molar-refractivity contribution in [2.45, 2.75) is 52.6 Å². The summed E-state index contributed by atoms with van der Waals surface area (Å²) in [4.78, 5) is 38.3. The highest BCUT2D eigenvalue weighted by Gasteiger charge is 2.32. The molecule has 1 aliphatic heterocycles. The Bertz CT molecular complexity index is 1670. The van der Waals surface area contributed by atoms with Gasteiger partial charge in [-0.3, -0.25) is 4.79 Å². The lowest BCUT2D eigenvalue weighted by Crippen LogP contribution is -2.37. The lowest BCUT2D eigenvalue weighted by Gasteiger charge is -2.27. The van der Waals surface area contributed by atoms with Crippen molar-refractivity contribution in [2.24, 2.45) is 0 Å². The summed E-state index contributed by atoms with van der Waals surface area (Å²) in [6.07, 6.45) is 2.69. The topological polar surface area (TPSA) is 91.6 Å². The van der Waals surface area contributed by atoms with E-state index in [9.17, 15) is 19.1 Å².